The molecule has 0 amide bonds. The minimum Gasteiger partial charge on any atom is -0.244 e. The molecule has 2 nitrogen and oxygen atoms in total. The minimum absolute atomic E-state index is 0.983. The molecule has 5 rings (SSSR count). The van der Waals surface area contributed by atoms with Crippen LogP contribution in [0.25, 0.3) is 42.2 Å². The van der Waals surface area contributed by atoms with Crippen LogP contribution in [0.3, 0.4) is 0 Å². The van der Waals surface area contributed by atoms with Gasteiger partial charge in [0.25, 0.3) is 0 Å². The molecule has 0 N–H and O–H groups in total. The lowest BCUT2D eigenvalue weighted by atomic mass is 10.1. The summed E-state index contributed by atoms with van der Waals surface area (Å²) < 4.78 is 5.93. The van der Waals surface area contributed by atoms with Gasteiger partial charge in [0.15, 0.2) is 0 Å². The Bertz CT molecular complexity index is 1280. The smallest absolute Gasteiger partial charge is 0.0988 e. The number of aromatic nitrogens is 2. The van der Waals surface area contributed by atoms with Gasteiger partial charge in [0.1, 0.15) is 0 Å². The van der Waals surface area contributed by atoms with Crippen molar-refractivity contribution >= 4 is 90.1 Å². The molecule has 0 radical (unpaired) electrons. The molecule has 6 heteroatoms. The predicted octanol–water partition coefficient (Wildman–Crippen LogP) is 6.30. The number of nitrogens with zero attached hydrogens (tertiary/aromatic N) is 2. The van der Waals surface area contributed by atoms with Crippen LogP contribution in [-0.2, 0) is 0 Å². The SMILES string of the molecule is C[Si](C)(C)c1cc2c3nc4ccccc4nc3c3cc([Si](C)(C)C)sc3c2s1. The van der Waals surface area contributed by atoms with Crippen LogP contribution < -0.4 is 9.00 Å². The second kappa shape index (κ2) is 5.95. The molecule has 0 unspecified atom stereocenters. The molecule has 0 atom stereocenters. The van der Waals surface area contributed by atoms with Crippen LogP contribution in [-0.4, -0.2) is 26.1 Å². The van der Waals surface area contributed by atoms with Crippen LogP contribution >= 0.6 is 22.7 Å². The molecule has 0 bridgehead atoms. The summed E-state index contributed by atoms with van der Waals surface area (Å²) in [6.45, 7) is 14.6. The molecule has 0 fully saturated rings. The number of thiophene rings is 2. The third-order valence-electron chi connectivity index (χ3n) is 5.23. The van der Waals surface area contributed by atoms with Crippen LogP contribution in [0.1, 0.15) is 0 Å². The Kier molecular flexibility index (Phi) is 3.92. The topological polar surface area (TPSA) is 25.8 Å². The summed E-state index contributed by atoms with van der Waals surface area (Å²) in [4.78, 5) is 10.2. The summed E-state index contributed by atoms with van der Waals surface area (Å²) in [5.74, 6) is 0. The molecule has 0 saturated heterocycles. The predicted molar refractivity (Wildman–Crippen MR) is 134 cm³/mol. The minimum atomic E-state index is -1.39. The van der Waals surface area contributed by atoms with Crippen molar-refractivity contribution in [2.75, 3.05) is 0 Å². The van der Waals surface area contributed by atoms with E-state index in [2.05, 4.69) is 63.5 Å². The van der Waals surface area contributed by atoms with E-state index in [1.165, 1.54) is 20.2 Å². The van der Waals surface area contributed by atoms with E-state index in [0.717, 1.165) is 22.1 Å². The van der Waals surface area contributed by atoms with Crippen LogP contribution in [0.15, 0.2) is 36.4 Å². The Morgan fingerprint density at radius 2 is 1.04 bits per heavy atom. The first-order chi connectivity index (χ1) is 13.1. The average Bonchev–Trinajstić information content (AvgIpc) is 3.24. The van der Waals surface area contributed by atoms with Crippen molar-refractivity contribution < 1.29 is 0 Å². The van der Waals surface area contributed by atoms with Crippen molar-refractivity contribution in [2.24, 2.45) is 0 Å². The Morgan fingerprint density at radius 1 is 0.643 bits per heavy atom. The highest BCUT2D eigenvalue weighted by atomic mass is 32.1. The molecule has 3 heterocycles. The molecule has 142 valence electrons. The maximum atomic E-state index is 5.10. The molecule has 5 aromatic rings. The summed E-state index contributed by atoms with van der Waals surface area (Å²) >= 11 is 4.00. The summed E-state index contributed by atoms with van der Waals surface area (Å²) in [7, 11) is -2.78. The first-order valence-electron chi connectivity index (χ1n) is 9.69. The zero-order chi connectivity index (χ0) is 19.8. The van der Waals surface area contributed by atoms with Crippen molar-refractivity contribution in [1.82, 2.24) is 9.97 Å². The molecular weight excluding hydrogens is 413 g/mol. The molecule has 0 spiro atoms. The largest absolute Gasteiger partial charge is 0.244 e. The lowest BCUT2D eigenvalue weighted by molar-refractivity contribution is 1.42. The molecule has 0 saturated carbocycles. The van der Waals surface area contributed by atoms with Crippen molar-refractivity contribution in [3.63, 3.8) is 0 Å². The molecule has 0 aliphatic carbocycles. The summed E-state index contributed by atoms with van der Waals surface area (Å²) in [5.41, 5.74) is 4.11. The quantitative estimate of drug-likeness (QED) is 0.240. The van der Waals surface area contributed by atoms with Crippen molar-refractivity contribution in [3.8, 4) is 0 Å². The average molecular weight is 437 g/mol. The molecular formula is C22H24N2S2Si2. The second-order valence-corrected chi connectivity index (χ2v) is 22.5. The fraction of sp³-hybridized carbons (Fsp3) is 0.273. The number of para-hydroxylation sites is 2. The Labute approximate surface area is 175 Å². The van der Waals surface area contributed by atoms with Crippen LogP contribution in [0.5, 0.6) is 0 Å². The van der Waals surface area contributed by atoms with Gasteiger partial charge in [-0.05, 0) is 33.3 Å². The normalized spacial score (nSPS) is 13.4. The van der Waals surface area contributed by atoms with Gasteiger partial charge >= 0.3 is 0 Å². The van der Waals surface area contributed by atoms with E-state index in [1.54, 1.807) is 9.00 Å². The fourth-order valence-corrected chi connectivity index (χ4v) is 9.78. The molecule has 0 aliphatic rings. The molecule has 28 heavy (non-hydrogen) atoms. The first-order valence-corrected chi connectivity index (χ1v) is 18.3. The number of hydrogen-bond donors (Lipinski definition) is 0. The maximum Gasteiger partial charge on any atom is 0.0988 e. The fourth-order valence-electron chi connectivity index (χ4n) is 3.59. The zero-order valence-electron chi connectivity index (χ0n) is 17.2. The van der Waals surface area contributed by atoms with Gasteiger partial charge in [-0.1, -0.05) is 51.4 Å². The molecule has 3 aromatic heterocycles. The zero-order valence-corrected chi connectivity index (χ0v) is 20.8. The highest BCUT2D eigenvalue weighted by molar-refractivity contribution is 7.37. The van der Waals surface area contributed by atoms with E-state index in [0.29, 0.717) is 0 Å². The van der Waals surface area contributed by atoms with Crippen LogP contribution in [0.2, 0.25) is 39.3 Å². The number of hydrogen-bond acceptors (Lipinski definition) is 4. The Morgan fingerprint density at radius 3 is 1.39 bits per heavy atom. The monoisotopic (exact) mass is 436 g/mol. The summed E-state index contributed by atoms with van der Waals surface area (Å²) in [6, 6.07) is 13.1. The van der Waals surface area contributed by atoms with E-state index in [9.17, 15) is 0 Å². The van der Waals surface area contributed by atoms with Gasteiger partial charge in [-0.3, -0.25) is 0 Å². The van der Waals surface area contributed by atoms with Gasteiger partial charge < -0.3 is 0 Å². The van der Waals surface area contributed by atoms with Gasteiger partial charge in [0.05, 0.1) is 47.6 Å². The van der Waals surface area contributed by atoms with Crippen molar-refractivity contribution in [1.29, 1.82) is 0 Å². The third kappa shape index (κ3) is 2.77. The second-order valence-electron chi connectivity index (χ2n) is 9.62. The van der Waals surface area contributed by atoms with E-state index < -0.39 is 16.1 Å². The van der Waals surface area contributed by atoms with Gasteiger partial charge in [0, 0.05) is 10.8 Å². The van der Waals surface area contributed by atoms with Crippen LogP contribution in [0, 0.1) is 0 Å². The van der Waals surface area contributed by atoms with Gasteiger partial charge in [0.2, 0.25) is 0 Å². The summed E-state index contributed by atoms with van der Waals surface area (Å²) in [5, 5.41) is 2.60. The highest BCUT2D eigenvalue weighted by Crippen LogP contribution is 2.39. The maximum absolute atomic E-state index is 5.10. The Hall–Kier alpha value is -1.61. The molecule has 2 aromatic carbocycles. The molecule has 0 aliphatic heterocycles. The standard InChI is InChI=1S/C22H24N2S2Si2/c1-27(2,3)17-11-13-19-20(24-16-10-8-7-9-15(16)23-19)14-12-18(28(4,5)6)26-22(14)21(13)25-17/h7-12H,1-6H3. The van der Waals surface area contributed by atoms with Gasteiger partial charge in [-0.15, -0.1) is 22.7 Å². The van der Waals surface area contributed by atoms with E-state index >= 15 is 0 Å². The highest BCUT2D eigenvalue weighted by Gasteiger charge is 2.26. The van der Waals surface area contributed by atoms with E-state index in [4.69, 9.17) is 9.97 Å². The third-order valence-corrected chi connectivity index (χ3v) is 14.8. The van der Waals surface area contributed by atoms with E-state index in [1.807, 2.05) is 34.8 Å². The van der Waals surface area contributed by atoms with Gasteiger partial charge in [-0.25, -0.2) is 9.97 Å². The lowest BCUT2D eigenvalue weighted by Gasteiger charge is -2.12. The Balaban J connectivity index is 2.03. The van der Waals surface area contributed by atoms with E-state index in [-0.39, 0.29) is 0 Å². The van der Waals surface area contributed by atoms with Crippen LogP contribution in [0.4, 0.5) is 0 Å². The summed E-state index contributed by atoms with van der Waals surface area (Å²) in [6.07, 6.45) is 0. The number of rotatable bonds is 2. The van der Waals surface area contributed by atoms with Crippen molar-refractivity contribution in [3.05, 3.63) is 36.4 Å². The number of fused-ring (bicyclic) bond motifs is 7. The van der Waals surface area contributed by atoms with Crippen molar-refractivity contribution in [2.45, 2.75) is 39.3 Å². The lowest BCUT2D eigenvalue weighted by Crippen LogP contribution is -2.34. The van der Waals surface area contributed by atoms with Gasteiger partial charge in [-0.2, -0.15) is 0 Å². The first kappa shape index (κ1) is 18.4. The number of benzene rings is 2.